The number of hydrogen-bond donors (Lipinski definition) is 1. The van der Waals surface area contributed by atoms with E-state index >= 15 is 0 Å². The SMILES string of the molecule is CN(CCCN(C)C[C@H]1C[C@@H](n2cc(C3CCN(C)CC3)c3c(N)ncnc32)[C@@H]2OC(C)(C)O[C@H]12)CCc1ccccc1. The maximum atomic E-state index is 6.63. The van der Waals surface area contributed by atoms with Gasteiger partial charge in [-0.05, 0) is 110 Å². The lowest BCUT2D eigenvalue weighted by Gasteiger charge is -2.29. The van der Waals surface area contributed by atoms with Crippen LogP contribution in [0.3, 0.4) is 0 Å². The Morgan fingerprint density at radius 1 is 0.977 bits per heavy atom. The van der Waals surface area contributed by atoms with Gasteiger partial charge in [-0.3, -0.25) is 0 Å². The molecular formula is C34H51N7O2. The lowest BCUT2D eigenvalue weighted by atomic mass is 9.90. The zero-order valence-corrected chi connectivity index (χ0v) is 26.8. The Labute approximate surface area is 257 Å². The average molecular weight is 590 g/mol. The van der Waals surface area contributed by atoms with Gasteiger partial charge >= 0.3 is 0 Å². The summed E-state index contributed by atoms with van der Waals surface area (Å²) >= 11 is 0. The Balaban J connectivity index is 1.13. The van der Waals surface area contributed by atoms with Gasteiger partial charge in [0.25, 0.3) is 0 Å². The first kappa shape index (κ1) is 30.5. The number of aromatic nitrogens is 3. The molecule has 6 rings (SSSR count). The van der Waals surface area contributed by atoms with Gasteiger partial charge in [0.1, 0.15) is 23.9 Å². The first-order valence-corrected chi connectivity index (χ1v) is 16.2. The van der Waals surface area contributed by atoms with Crippen LogP contribution in [-0.4, -0.2) is 108 Å². The molecule has 2 aromatic heterocycles. The normalized spacial score (nSPS) is 26.2. The van der Waals surface area contributed by atoms with Crippen molar-refractivity contribution in [3.8, 4) is 0 Å². The van der Waals surface area contributed by atoms with E-state index in [1.165, 1.54) is 11.1 Å². The van der Waals surface area contributed by atoms with Crippen LogP contribution in [0.15, 0.2) is 42.9 Å². The Morgan fingerprint density at radius 2 is 1.70 bits per heavy atom. The number of piperidine rings is 1. The van der Waals surface area contributed by atoms with Crippen molar-refractivity contribution in [1.29, 1.82) is 0 Å². The Morgan fingerprint density at radius 3 is 2.47 bits per heavy atom. The number of likely N-dealkylation sites (tertiary alicyclic amines) is 1. The van der Waals surface area contributed by atoms with Crippen molar-refractivity contribution in [2.75, 3.05) is 66.1 Å². The molecule has 43 heavy (non-hydrogen) atoms. The largest absolute Gasteiger partial charge is 0.383 e. The van der Waals surface area contributed by atoms with Gasteiger partial charge in [-0.1, -0.05) is 30.3 Å². The molecule has 3 fully saturated rings. The average Bonchev–Trinajstić information content (AvgIpc) is 3.62. The van der Waals surface area contributed by atoms with E-state index in [9.17, 15) is 0 Å². The first-order chi connectivity index (χ1) is 20.7. The van der Waals surface area contributed by atoms with Gasteiger partial charge in [0.2, 0.25) is 0 Å². The molecule has 1 saturated carbocycles. The van der Waals surface area contributed by atoms with Crippen molar-refractivity contribution in [1.82, 2.24) is 29.2 Å². The highest BCUT2D eigenvalue weighted by Crippen LogP contribution is 2.49. The molecule has 9 nitrogen and oxygen atoms in total. The summed E-state index contributed by atoms with van der Waals surface area (Å²) < 4.78 is 15.6. The Bertz CT molecular complexity index is 1350. The van der Waals surface area contributed by atoms with E-state index in [1.807, 2.05) is 13.8 Å². The molecule has 9 heteroatoms. The van der Waals surface area contributed by atoms with Crippen molar-refractivity contribution in [2.24, 2.45) is 5.92 Å². The van der Waals surface area contributed by atoms with Crippen LogP contribution in [-0.2, 0) is 15.9 Å². The van der Waals surface area contributed by atoms with Crippen molar-refractivity contribution in [2.45, 2.75) is 75.9 Å². The molecule has 0 spiro atoms. The third kappa shape index (κ3) is 6.76. The lowest BCUT2D eigenvalue weighted by Crippen LogP contribution is -2.35. The van der Waals surface area contributed by atoms with Gasteiger partial charge in [-0.2, -0.15) is 0 Å². The van der Waals surface area contributed by atoms with Crippen LogP contribution >= 0.6 is 0 Å². The van der Waals surface area contributed by atoms with E-state index in [4.69, 9.17) is 20.2 Å². The van der Waals surface area contributed by atoms with Gasteiger partial charge in [-0.25, -0.2) is 9.97 Å². The van der Waals surface area contributed by atoms with Crippen LogP contribution in [0.1, 0.15) is 62.6 Å². The monoisotopic (exact) mass is 589 g/mol. The minimum atomic E-state index is -0.597. The highest BCUT2D eigenvalue weighted by molar-refractivity contribution is 5.90. The van der Waals surface area contributed by atoms with E-state index in [0.717, 1.165) is 82.4 Å². The van der Waals surface area contributed by atoms with Crippen LogP contribution in [0.4, 0.5) is 5.82 Å². The van der Waals surface area contributed by atoms with E-state index in [-0.39, 0.29) is 18.2 Å². The summed E-state index contributed by atoms with van der Waals surface area (Å²) in [6.45, 7) is 10.5. The van der Waals surface area contributed by atoms with Crippen LogP contribution in [0.25, 0.3) is 11.0 Å². The Hall–Kier alpha value is -2.56. The molecule has 2 N–H and O–H groups in total. The Kier molecular flexibility index (Phi) is 9.08. The fourth-order valence-electron chi connectivity index (χ4n) is 7.71. The predicted octanol–water partition coefficient (Wildman–Crippen LogP) is 4.40. The molecule has 1 aromatic carbocycles. The minimum absolute atomic E-state index is 0.0188. The number of benzene rings is 1. The fraction of sp³-hybridized carbons (Fsp3) is 0.647. The molecule has 3 aliphatic rings. The second-order valence-electron chi connectivity index (χ2n) is 13.8. The number of hydrogen-bond acceptors (Lipinski definition) is 8. The third-order valence-corrected chi connectivity index (χ3v) is 9.99. The molecule has 0 amide bonds. The van der Waals surface area contributed by atoms with Gasteiger partial charge in [0, 0.05) is 25.2 Å². The molecule has 2 aliphatic heterocycles. The molecule has 0 bridgehead atoms. The number of nitrogen functional groups attached to an aromatic ring is 1. The summed E-state index contributed by atoms with van der Waals surface area (Å²) in [5, 5.41) is 1.03. The molecule has 234 valence electrons. The molecule has 4 atom stereocenters. The molecule has 1 aliphatic carbocycles. The number of rotatable bonds is 11. The summed E-state index contributed by atoms with van der Waals surface area (Å²) in [5.74, 6) is 0.831. The standard InChI is InChI=1S/C34H51N7O2/c1-34(2)42-30-26(21-40(5)16-9-15-38(3)17-12-24-10-7-6-8-11-24)20-28(31(30)43-34)41-22-27(25-13-18-39(4)19-14-25)29-32(35)36-23-37-33(29)41/h6-8,10-11,22-23,25-26,28,30-31H,9,12-21H2,1-5H3,(H2,35,36,37)/t26-,28-,30-,31+/m1/s1. The number of likely N-dealkylation sites (N-methyl/N-ethyl adjacent to an activating group) is 1. The lowest BCUT2D eigenvalue weighted by molar-refractivity contribution is -0.160. The van der Waals surface area contributed by atoms with Gasteiger partial charge in [0.15, 0.2) is 5.79 Å². The van der Waals surface area contributed by atoms with Crippen molar-refractivity contribution >= 4 is 16.9 Å². The van der Waals surface area contributed by atoms with E-state index < -0.39 is 5.79 Å². The summed E-state index contributed by atoms with van der Waals surface area (Å²) in [7, 11) is 6.69. The maximum absolute atomic E-state index is 6.63. The topological polar surface area (TPSA) is 84.9 Å². The van der Waals surface area contributed by atoms with Gasteiger partial charge in [-0.15, -0.1) is 0 Å². The molecule has 0 radical (unpaired) electrons. The highest BCUT2D eigenvalue weighted by atomic mass is 16.8. The van der Waals surface area contributed by atoms with Crippen LogP contribution < -0.4 is 5.73 Å². The van der Waals surface area contributed by atoms with E-state index in [2.05, 4.69) is 81.9 Å². The van der Waals surface area contributed by atoms with Gasteiger partial charge < -0.3 is 34.5 Å². The minimum Gasteiger partial charge on any atom is -0.383 e. The number of anilines is 1. The summed E-state index contributed by atoms with van der Waals surface area (Å²) in [5.41, 5.74) is 10.2. The first-order valence-electron chi connectivity index (χ1n) is 16.2. The molecule has 0 unspecified atom stereocenters. The van der Waals surface area contributed by atoms with Crippen LogP contribution in [0.5, 0.6) is 0 Å². The molecule has 4 heterocycles. The quantitative estimate of drug-likeness (QED) is 0.352. The van der Waals surface area contributed by atoms with E-state index in [1.54, 1.807) is 6.33 Å². The number of nitrogens with zero attached hydrogens (tertiary/aromatic N) is 6. The smallest absolute Gasteiger partial charge is 0.163 e. The maximum Gasteiger partial charge on any atom is 0.163 e. The second-order valence-corrected chi connectivity index (χ2v) is 13.8. The zero-order chi connectivity index (χ0) is 30.1. The second kappa shape index (κ2) is 12.8. The summed E-state index contributed by atoms with van der Waals surface area (Å²) in [6, 6.07) is 10.9. The number of ether oxygens (including phenoxy) is 2. The third-order valence-electron chi connectivity index (χ3n) is 9.99. The highest BCUT2D eigenvalue weighted by Gasteiger charge is 2.55. The van der Waals surface area contributed by atoms with Crippen LogP contribution in [0, 0.1) is 5.92 Å². The fourth-order valence-corrected chi connectivity index (χ4v) is 7.71. The van der Waals surface area contributed by atoms with Crippen LogP contribution in [0.2, 0.25) is 0 Å². The van der Waals surface area contributed by atoms with Crippen molar-refractivity contribution in [3.63, 3.8) is 0 Å². The summed E-state index contributed by atoms with van der Waals surface area (Å²) in [4.78, 5) is 16.5. The summed E-state index contributed by atoms with van der Waals surface area (Å²) in [6.07, 6.45) is 9.47. The molecular weight excluding hydrogens is 538 g/mol. The van der Waals surface area contributed by atoms with Gasteiger partial charge in [0.05, 0.1) is 17.5 Å². The van der Waals surface area contributed by atoms with Crippen molar-refractivity contribution < 1.29 is 9.47 Å². The van der Waals surface area contributed by atoms with Crippen molar-refractivity contribution in [3.05, 3.63) is 54.0 Å². The van der Waals surface area contributed by atoms with E-state index in [0.29, 0.717) is 17.7 Å². The zero-order valence-electron chi connectivity index (χ0n) is 26.8. The molecule has 3 aromatic rings. The number of nitrogens with two attached hydrogens (primary N) is 1. The predicted molar refractivity (Wildman–Crippen MR) is 172 cm³/mol. The molecule has 2 saturated heterocycles. The number of fused-ring (bicyclic) bond motifs is 2.